The lowest BCUT2D eigenvalue weighted by atomic mass is 9.95. The van der Waals surface area contributed by atoms with Gasteiger partial charge in [-0.1, -0.05) is 12.1 Å². The van der Waals surface area contributed by atoms with Gasteiger partial charge in [0.05, 0.1) is 17.6 Å². The molecule has 0 aliphatic heterocycles. The molecule has 1 atom stereocenters. The smallest absolute Gasteiger partial charge is 0.126 e. The number of benzene rings is 1. The third-order valence-electron chi connectivity index (χ3n) is 1.97. The Morgan fingerprint density at radius 1 is 1.50 bits per heavy atom. The number of aliphatic carboxylic acids is 1. The largest absolute Gasteiger partial charge is 0.547 e. The van der Waals surface area contributed by atoms with Crippen LogP contribution in [0.4, 0.5) is 0 Å². The number of carboxylic acids is 1. The van der Waals surface area contributed by atoms with Crippen LogP contribution in [0.2, 0.25) is 0 Å². The van der Waals surface area contributed by atoms with Crippen LogP contribution in [0.1, 0.15) is 18.1 Å². The minimum Gasteiger partial charge on any atom is -0.547 e. The van der Waals surface area contributed by atoms with Gasteiger partial charge in [0.25, 0.3) is 0 Å². The van der Waals surface area contributed by atoms with Crippen LogP contribution in [-0.4, -0.2) is 11.1 Å². The highest BCUT2D eigenvalue weighted by molar-refractivity contribution is 5.76. The van der Waals surface area contributed by atoms with Gasteiger partial charge in [0.1, 0.15) is 5.60 Å². The van der Waals surface area contributed by atoms with Gasteiger partial charge in [0.2, 0.25) is 0 Å². The highest BCUT2D eigenvalue weighted by atomic mass is 16.4. The van der Waals surface area contributed by atoms with Crippen molar-refractivity contribution < 1.29 is 15.0 Å². The average Bonchev–Trinajstić information content (AvgIpc) is 2.17. The molecule has 0 fully saturated rings. The Kier molecular flexibility index (Phi) is 2.54. The molecular weight excluding hydrogens is 182 g/mol. The van der Waals surface area contributed by atoms with E-state index < -0.39 is 11.6 Å². The third-order valence-corrected chi connectivity index (χ3v) is 1.97. The first-order chi connectivity index (χ1) is 6.48. The summed E-state index contributed by atoms with van der Waals surface area (Å²) in [7, 11) is 0. The highest BCUT2D eigenvalue weighted by Crippen LogP contribution is 2.19. The molecule has 0 amide bonds. The van der Waals surface area contributed by atoms with E-state index in [1.54, 1.807) is 0 Å². The van der Waals surface area contributed by atoms with Gasteiger partial charge in [-0.2, -0.15) is 5.26 Å². The van der Waals surface area contributed by atoms with E-state index in [1.807, 2.05) is 6.07 Å². The number of hydrogen-bond acceptors (Lipinski definition) is 4. The summed E-state index contributed by atoms with van der Waals surface area (Å²) in [4.78, 5) is 10.5. The topological polar surface area (TPSA) is 84.2 Å². The summed E-state index contributed by atoms with van der Waals surface area (Å²) in [5.41, 5.74) is -1.42. The van der Waals surface area contributed by atoms with Crippen LogP contribution < -0.4 is 5.11 Å². The molecule has 0 aliphatic rings. The molecule has 4 nitrogen and oxygen atoms in total. The number of carbonyl (C=O) groups excluding carboxylic acids is 1. The number of hydrogen-bond donors (Lipinski definition) is 1. The number of carbonyl (C=O) groups is 1. The predicted molar refractivity (Wildman–Crippen MR) is 45.7 cm³/mol. The molecule has 0 aliphatic carbocycles. The van der Waals surface area contributed by atoms with E-state index in [0.717, 1.165) is 6.92 Å². The van der Waals surface area contributed by atoms with Crippen LogP contribution in [0.25, 0.3) is 0 Å². The summed E-state index contributed by atoms with van der Waals surface area (Å²) < 4.78 is 0. The minimum absolute atomic E-state index is 0.191. The molecule has 1 N–H and O–H groups in total. The number of aliphatic hydroxyl groups is 1. The van der Waals surface area contributed by atoms with E-state index in [4.69, 9.17) is 5.26 Å². The zero-order valence-electron chi connectivity index (χ0n) is 7.52. The van der Waals surface area contributed by atoms with Crippen molar-refractivity contribution in [1.82, 2.24) is 0 Å². The fourth-order valence-corrected chi connectivity index (χ4v) is 0.987. The summed E-state index contributed by atoms with van der Waals surface area (Å²) in [6.45, 7) is 1.13. The SMILES string of the molecule is CC(O)(C(=O)[O-])c1ccc(C#N)cc1. The highest BCUT2D eigenvalue weighted by Gasteiger charge is 2.24. The second-order valence-electron chi connectivity index (χ2n) is 3.05. The molecule has 0 saturated heterocycles. The zero-order chi connectivity index (χ0) is 10.8. The van der Waals surface area contributed by atoms with Gasteiger partial charge in [-0.05, 0) is 24.6 Å². The molecule has 0 aromatic heterocycles. The van der Waals surface area contributed by atoms with Crippen molar-refractivity contribution in [3.63, 3.8) is 0 Å². The summed E-state index contributed by atoms with van der Waals surface area (Å²) in [5.74, 6) is -1.57. The Balaban J connectivity index is 3.10. The Hall–Kier alpha value is -1.86. The lowest BCUT2D eigenvalue weighted by Gasteiger charge is -2.24. The fourth-order valence-electron chi connectivity index (χ4n) is 0.987. The summed E-state index contributed by atoms with van der Waals surface area (Å²) >= 11 is 0. The van der Waals surface area contributed by atoms with E-state index in [-0.39, 0.29) is 5.56 Å². The first kappa shape index (κ1) is 10.2. The second kappa shape index (κ2) is 3.48. The van der Waals surface area contributed by atoms with Crippen molar-refractivity contribution >= 4 is 5.97 Å². The lowest BCUT2D eigenvalue weighted by molar-refractivity contribution is -0.324. The van der Waals surface area contributed by atoms with Crippen LogP contribution in [0, 0.1) is 11.3 Å². The van der Waals surface area contributed by atoms with E-state index in [2.05, 4.69) is 0 Å². The molecule has 14 heavy (non-hydrogen) atoms. The van der Waals surface area contributed by atoms with E-state index in [1.165, 1.54) is 24.3 Å². The summed E-state index contributed by atoms with van der Waals surface area (Å²) in [5, 5.41) is 28.5. The van der Waals surface area contributed by atoms with Gasteiger partial charge in [-0.25, -0.2) is 0 Å². The van der Waals surface area contributed by atoms with Crippen molar-refractivity contribution in [3.8, 4) is 6.07 Å². The zero-order valence-corrected chi connectivity index (χ0v) is 7.52. The van der Waals surface area contributed by atoms with E-state index >= 15 is 0 Å². The molecule has 0 spiro atoms. The van der Waals surface area contributed by atoms with Crippen LogP contribution in [0.3, 0.4) is 0 Å². The van der Waals surface area contributed by atoms with Crippen molar-refractivity contribution in [2.24, 2.45) is 0 Å². The maximum atomic E-state index is 10.5. The maximum Gasteiger partial charge on any atom is 0.126 e. The number of nitrogens with zero attached hydrogens (tertiary/aromatic N) is 1. The van der Waals surface area contributed by atoms with Crippen molar-refractivity contribution in [3.05, 3.63) is 35.4 Å². The summed E-state index contributed by atoms with van der Waals surface area (Å²) in [6, 6.07) is 7.53. The van der Waals surface area contributed by atoms with E-state index in [0.29, 0.717) is 5.56 Å². The molecule has 0 bridgehead atoms. The molecule has 1 aromatic carbocycles. The van der Waals surface area contributed by atoms with Crippen molar-refractivity contribution in [2.75, 3.05) is 0 Å². The Labute approximate surface area is 81.0 Å². The first-order valence-corrected chi connectivity index (χ1v) is 3.93. The van der Waals surface area contributed by atoms with Crippen LogP contribution in [-0.2, 0) is 10.4 Å². The molecule has 0 radical (unpaired) electrons. The first-order valence-electron chi connectivity index (χ1n) is 3.93. The van der Waals surface area contributed by atoms with Crippen molar-refractivity contribution in [1.29, 1.82) is 5.26 Å². The molecule has 72 valence electrons. The van der Waals surface area contributed by atoms with Gasteiger partial charge in [0, 0.05) is 0 Å². The average molecular weight is 190 g/mol. The van der Waals surface area contributed by atoms with Crippen molar-refractivity contribution in [2.45, 2.75) is 12.5 Å². The minimum atomic E-state index is -2.02. The number of carboxylic acid groups (broad SMARTS) is 1. The third kappa shape index (κ3) is 1.73. The lowest BCUT2D eigenvalue weighted by Crippen LogP contribution is -2.43. The molecule has 0 saturated carbocycles. The maximum absolute atomic E-state index is 10.5. The van der Waals surface area contributed by atoms with E-state index in [9.17, 15) is 15.0 Å². The Bertz CT molecular complexity index is 387. The van der Waals surface area contributed by atoms with Gasteiger partial charge < -0.3 is 15.0 Å². The standard InChI is InChI=1S/C10H9NO3/c1-10(14,9(12)13)8-4-2-7(6-11)3-5-8/h2-5,14H,1H3,(H,12,13)/p-1. The Morgan fingerprint density at radius 3 is 2.36 bits per heavy atom. The Morgan fingerprint density at radius 2 is 2.00 bits per heavy atom. The molecular formula is C10H8NO3-. The molecule has 1 aromatic rings. The fraction of sp³-hybridized carbons (Fsp3) is 0.200. The summed E-state index contributed by atoms with van der Waals surface area (Å²) in [6.07, 6.45) is 0. The van der Waals surface area contributed by atoms with Crippen LogP contribution in [0.15, 0.2) is 24.3 Å². The number of rotatable bonds is 2. The van der Waals surface area contributed by atoms with Crippen LogP contribution >= 0.6 is 0 Å². The molecule has 0 heterocycles. The predicted octanol–water partition coefficient (Wildman–Crippen LogP) is -0.484. The second-order valence-corrected chi connectivity index (χ2v) is 3.05. The van der Waals surface area contributed by atoms with Gasteiger partial charge in [-0.3, -0.25) is 0 Å². The quantitative estimate of drug-likeness (QED) is 0.682. The van der Waals surface area contributed by atoms with Gasteiger partial charge in [-0.15, -0.1) is 0 Å². The van der Waals surface area contributed by atoms with Gasteiger partial charge >= 0.3 is 0 Å². The number of nitriles is 1. The monoisotopic (exact) mass is 190 g/mol. The molecule has 4 heteroatoms. The van der Waals surface area contributed by atoms with Gasteiger partial charge in [0.15, 0.2) is 0 Å². The normalized spacial score (nSPS) is 14.1. The molecule has 1 rings (SSSR count). The molecule has 1 unspecified atom stereocenters. The van der Waals surface area contributed by atoms with Crippen LogP contribution in [0.5, 0.6) is 0 Å².